The Labute approximate surface area is 450 Å². The summed E-state index contributed by atoms with van der Waals surface area (Å²) in [5, 5.41) is 17.5. The van der Waals surface area contributed by atoms with Crippen LogP contribution in [0.1, 0.15) is 160 Å². The lowest BCUT2D eigenvalue weighted by Crippen LogP contribution is -2.08. The predicted molar refractivity (Wildman–Crippen MR) is 310 cm³/mol. The van der Waals surface area contributed by atoms with Crippen LogP contribution in [-0.2, 0) is 12.8 Å². The summed E-state index contributed by atoms with van der Waals surface area (Å²) in [5.74, 6) is -0.101. The molecule has 7 rings (SSSR count). The minimum absolute atomic E-state index is 0.415. The lowest BCUT2D eigenvalue weighted by Gasteiger charge is -2.05. The van der Waals surface area contributed by atoms with Crippen molar-refractivity contribution in [2.75, 3.05) is 0 Å². The molecule has 0 saturated heterocycles. The van der Waals surface area contributed by atoms with Gasteiger partial charge in [-0.15, -0.1) is 0 Å². The van der Waals surface area contributed by atoms with Crippen molar-refractivity contribution in [1.82, 2.24) is 0 Å². The van der Waals surface area contributed by atoms with Crippen LogP contribution < -0.4 is 9.47 Å². The molecule has 0 amide bonds. The van der Waals surface area contributed by atoms with Gasteiger partial charge in [0.1, 0.15) is 11.5 Å². The molecule has 0 spiro atoms. The zero-order valence-electron chi connectivity index (χ0n) is 44.4. The number of carbonyl (C=O) groups excluding carboxylic acids is 2. The number of benzene rings is 7. The smallest absolute Gasteiger partial charge is 0.343 e. The number of hydrogen-bond donors (Lipinski definition) is 0. The first-order chi connectivity index (χ1) is 37.4. The van der Waals surface area contributed by atoms with E-state index in [1.807, 2.05) is 72.8 Å². The molecule has 0 fully saturated rings. The van der Waals surface area contributed by atoms with E-state index in [1.54, 1.807) is 85.2 Å². The van der Waals surface area contributed by atoms with Gasteiger partial charge in [0.05, 0.1) is 45.3 Å². The van der Waals surface area contributed by atoms with E-state index in [0.29, 0.717) is 45.4 Å². The molecule has 0 N–H and O–H groups in total. The quantitative estimate of drug-likeness (QED) is 0.0146. The summed E-state index contributed by atoms with van der Waals surface area (Å²) in [5.41, 5.74) is 9.46. The number of aryl methyl sites for hydroxylation is 2. The van der Waals surface area contributed by atoms with Crippen LogP contribution in [0.3, 0.4) is 0 Å². The van der Waals surface area contributed by atoms with Gasteiger partial charge in [0.15, 0.2) is 0 Å². The zero-order valence-corrected chi connectivity index (χ0v) is 44.4. The van der Waals surface area contributed by atoms with Crippen molar-refractivity contribution < 1.29 is 19.1 Å². The summed E-state index contributed by atoms with van der Waals surface area (Å²) in [6.45, 7) is 4.52. The second kappa shape index (κ2) is 31.7. The van der Waals surface area contributed by atoms with Gasteiger partial charge in [0, 0.05) is 12.4 Å². The van der Waals surface area contributed by atoms with Gasteiger partial charge in [-0.05, 0) is 163 Å². The second-order valence-electron chi connectivity index (χ2n) is 19.2. The van der Waals surface area contributed by atoms with Crippen molar-refractivity contribution in [3.63, 3.8) is 0 Å². The highest BCUT2D eigenvalue weighted by atomic mass is 16.5. The fraction of sp³-hybridized carbons (Fsp3) is 0.303. The minimum atomic E-state index is -0.466. The van der Waals surface area contributed by atoms with Gasteiger partial charge in [-0.2, -0.15) is 20.5 Å². The van der Waals surface area contributed by atoms with Crippen molar-refractivity contribution >= 4 is 58.5 Å². The number of aliphatic imine (C=N–C) groups is 2. The molecule has 0 aromatic heterocycles. The third-order valence-electron chi connectivity index (χ3n) is 13.0. The van der Waals surface area contributed by atoms with Crippen LogP contribution in [0.2, 0.25) is 0 Å². The fourth-order valence-electron chi connectivity index (χ4n) is 8.47. The third kappa shape index (κ3) is 20.0. The Morgan fingerprint density at radius 3 is 1.01 bits per heavy atom. The molecular weight excluding hydrogens is 941 g/mol. The average molecular weight is 1010 g/mol. The molecule has 0 atom stereocenters. The van der Waals surface area contributed by atoms with Crippen LogP contribution >= 0.6 is 0 Å². The summed E-state index contributed by atoms with van der Waals surface area (Å²) in [7, 11) is 0. The number of ether oxygens (including phenoxy) is 2. The van der Waals surface area contributed by atoms with Gasteiger partial charge in [-0.3, -0.25) is 9.98 Å². The molecule has 0 saturated carbocycles. The van der Waals surface area contributed by atoms with Crippen molar-refractivity contribution in [2.24, 2.45) is 30.4 Å². The Morgan fingerprint density at radius 1 is 0.355 bits per heavy atom. The van der Waals surface area contributed by atoms with Crippen LogP contribution in [0.15, 0.2) is 200 Å². The van der Waals surface area contributed by atoms with Gasteiger partial charge < -0.3 is 9.47 Å². The molecule has 10 nitrogen and oxygen atoms in total. The highest BCUT2D eigenvalue weighted by molar-refractivity contribution is 5.93. The standard InChI is InChI=1S/C66H72N6O4/c1-3-5-7-9-11-13-15-17-20-51-28-36-57(37-29-51)69-71-59-40-44-63(45-41-59)75-65(73)55-32-24-53(25-33-55)49-67-61-22-19-23-62(48-61)68-50-54-26-34-56(35-27-54)66(74)76-64-46-42-60(43-47-64)72-70-58-38-30-52(31-39-58)21-18-16-14-12-10-8-6-4-2/h19,22-50H,3-18,20-21H2,1-2H3. The molecule has 0 radical (unpaired) electrons. The van der Waals surface area contributed by atoms with Crippen LogP contribution in [0, 0.1) is 0 Å². The summed E-state index contributed by atoms with van der Waals surface area (Å²) in [4.78, 5) is 35.2. The molecule has 0 aliphatic heterocycles. The summed E-state index contributed by atoms with van der Waals surface area (Å²) >= 11 is 0. The van der Waals surface area contributed by atoms with Crippen LogP contribution in [-0.4, -0.2) is 24.4 Å². The number of nitrogens with zero attached hydrogens (tertiary/aromatic N) is 6. The van der Waals surface area contributed by atoms with Crippen LogP contribution in [0.4, 0.5) is 34.1 Å². The molecule has 0 heterocycles. The molecule has 7 aromatic carbocycles. The van der Waals surface area contributed by atoms with Crippen molar-refractivity contribution in [3.8, 4) is 11.5 Å². The molecule has 76 heavy (non-hydrogen) atoms. The van der Waals surface area contributed by atoms with E-state index in [-0.39, 0.29) is 0 Å². The number of azo groups is 2. The van der Waals surface area contributed by atoms with Gasteiger partial charge in [-0.25, -0.2) is 9.59 Å². The van der Waals surface area contributed by atoms with E-state index in [0.717, 1.165) is 35.3 Å². The van der Waals surface area contributed by atoms with Gasteiger partial charge >= 0.3 is 11.9 Å². The van der Waals surface area contributed by atoms with E-state index in [1.165, 1.54) is 114 Å². The molecule has 7 aromatic rings. The zero-order chi connectivity index (χ0) is 52.8. The van der Waals surface area contributed by atoms with E-state index >= 15 is 0 Å². The van der Waals surface area contributed by atoms with Gasteiger partial charge in [-0.1, -0.05) is 158 Å². The highest BCUT2D eigenvalue weighted by Crippen LogP contribution is 2.26. The molecule has 0 aliphatic carbocycles. The Hall–Kier alpha value is -7.98. The monoisotopic (exact) mass is 1010 g/mol. The van der Waals surface area contributed by atoms with Crippen molar-refractivity contribution in [1.29, 1.82) is 0 Å². The number of hydrogen-bond acceptors (Lipinski definition) is 10. The first-order valence-corrected chi connectivity index (χ1v) is 27.4. The maximum Gasteiger partial charge on any atom is 0.343 e. The average Bonchev–Trinajstić information content (AvgIpc) is 3.46. The lowest BCUT2D eigenvalue weighted by atomic mass is 10.0. The largest absolute Gasteiger partial charge is 0.423 e. The van der Waals surface area contributed by atoms with E-state index in [2.05, 4.69) is 68.6 Å². The minimum Gasteiger partial charge on any atom is -0.423 e. The third-order valence-corrected chi connectivity index (χ3v) is 13.0. The first-order valence-electron chi connectivity index (χ1n) is 27.4. The molecule has 390 valence electrons. The van der Waals surface area contributed by atoms with Gasteiger partial charge in [0.2, 0.25) is 0 Å². The molecular formula is C66H72N6O4. The molecule has 0 bridgehead atoms. The molecule has 10 heteroatoms. The summed E-state index contributed by atoms with van der Waals surface area (Å²) < 4.78 is 11.3. The summed E-state index contributed by atoms with van der Waals surface area (Å²) in [6, 6.07) is 52.1. The number of carbonyl (C=O) groups is 2. The first kappa shape index (κ1) is 55.8. The molecule has 0 unspecified atom stereocenters. The number of esters is 2. The lowest BCUT2D eigenvalue weighted by molar-refractivity contribution is 0.0725. The Morgan fingerprint density at radius 2 is 0.671 bits per heavy atom. The van der Waals surface area contributed by atoms with Gasteiger partial charge in [0.25, 0.3) is 0 Å². The molecule has 0 aliphatic rings. The fourth-order valence-corrected chi connectivity index (χ4v) is 8.47. The van der Waals surface area contributed by atoms with Crippen LogP contribution in [0.25, 0.3) is 0 Å². The SMILES string of the molecule is CCCCCCCCCCc1ccc(N=Nc2ccc(OC(=O)c3ccc(C=Nc4cccc(N=Cc5ccc(C(=O)Oc6ccc(N=Nc7ccc(CCCCCCCCCC)cc7)cc6)cc5)c4)cc3)cc2)cc1. The number of rotatable bonds is 30. The second-order valence-corrected chi connectivity index (χ2v) is 19.2. The van der Waals surface area contributed by atoms with Crippen molar-refractivity contribution in [2.45, 2.75) is 129 Å². The normalized spacial score (nSPS) is 11.6. The Kier molecular flexibility index (Phi) is 23.2. The summed E-state index contributed by atoms with van der Waals surface area (Å²) in [6.07, 6.45) is 26.7. The Balaban J connectivity index is 0.800. The van der Waals surface area contributed by atoms with Crippen molar-refractivity contribution in [3.05, 3.63) is 203 Å². The maximum atomic E-state index is 13.0. The topological polar surface area (TPSA) is 127 Å². The Bertz CT molecular complexity index is 2750. The van der Waals surface area contributed by atoms with E-state index in [4.69, 9.17) is 9.47 Å². The van der Waals surface area contributed by atoms with E-state index in [9.17, 15) is 9.59 Å². The number of unbranched alkanes of at least 4 members (excludes halogenated alkanes) is 14. The van der Waals surface area contributed by atoms with E-state index < -0.39 is 11.9 Å². The van der Waals surface area contributed by atoms with Crippen LogP contribution in [0.5, 0.6) is 11.5 Å². The predicted octanol–water partition coefficient (Wildman–Crippen LogP) is 19.8. The highest BCUT2D eigenvalue weighted by Gasteiger charge is 2.11. The maximum absolute atomic E-state index is 13.0.